The van der Waals surface area contributed by atoms with Crippen LogP contribution in [0.3, 0.4) is 0 Å². The van der Waals surface area contributed by atoms with Gasteiger partial charge in [0.25, 0.3) is 0 Å². The van der Waals surface area contributed by atoms with Crippen molar-refractivity contribution in [2.24, 2.45) is 0 Å². The van der Waals surface area contributed by atoms with Crippen LogP contribution in [-0.4, -0.2) is 32.9 Å². The summed E-state index contributed by atoms with van der Waals surface area (Å²) in [4.78, 5) is 11.5. The maximum absolute atomic E-state index is 11.5. The van der Waals surface area contributed by atoms with E-state index in [-0.39, 0.29) is 18.1 Å². The molecule has 1 amide bonds. The van der Waals surface area contributed by atoms with Crippen molar-refractivity contribution in [2.45, 2.75) is 45.4 Å². The first-order chi connectivity index (χ1) is 7.58. The molecule has 0 saturated carbocycles. The number of amides is 1. The number of hydrogen-bond acceptors (Lipinski definition) is 3. The number of carbonyl (C=O) groups excluding carboxylic acids is 1. The number of hydrogen-bond donors (Lipinski definition) is 2. The van der Waals surface area contributed by atoms with Crippen LogP contribution in [0.1, 0.15) is 26.7 Å². The summed E-state index contributed by atoms with van der Waals surface area (Å²) >= 11 is 0. The monoisotopic (exact) mass is 225 g/mol. The van der Waals surface area contributed by atoms with Crippen molar-refractivity contribution >= 4 is 5.91 Å². The van der Waals surface area contributed by atoms with Crippen LogP contribution in [0.2, 0.25) is 0 Å². The first-order valence-corrected chi connectivity index (χ1v) is 5.53. The third-order valence-corrected chi connectivity index (χ3v) is 2.23. The average Bonchev–Trinajstić information content (AvgIpc) is 2.65. The van der Waals surface area contributed by atoms with Crippen molar-refractivity contribution in [3.8, 4) is 0 Å². The van der Waals surface area contributed by atoms with E-state index in [1.165, 1.54) is 0 Å². The summed E-state index contributed by atoms with van der Waals surface area (Å²) in [5, 5.41) is 16.0. The van der Waals surface area contributed by atoms with Gasteiger partial charge in [-0.3, -0.25) is 9.48 Å². The van der Waals surface area contributed by atoms with Crippen LogP contribution in [0.5, 0.6) is 0 Å². The standard InChI is InChI=1S/C11H19N3O2/c1-9(8-10(2)15)13-11(16)4-7-14-6-3-5-12-14/h3,5-6,9-10,15H,4,7-8H2,1-2H3,(H,13,16). The van der Waals surface area contributed by atoms with E-state index in [9.17, 15) is 4.79 Å². The van der Waals surface area contributed by atoms with Gasteiger partial charge in [0, 0.05) is 31.4 Å². The molecule has 0 bridgehead atoms. The van der Waals surface area contributed by atoms with Crippen molar-refractivity contribution in [3.05, 3.63) is 18.5 Å². The summed E-state index contributed by atoms with van der Waals surface area (Å²) in [6, 6.07) is 1.83. The fourth-order valence-electron chi connectivity index (χ4n) is 1.57. The van der Waals surface area contributed by atoms with E-state index >= 15 is 0 Å². The first-order valence-electron chi connectivity index (χ1n) is 5.53. The molecule has 1 aromatic rings. The van der Waals surface area contributed by atoms with Crippen molar-refractivity contribution in [2.75, 3.05) is 0 Å². The molecule has 2 atom stereocenters. The second kappa shape index (κ2) is 6.27. The molecule has 2 N–H and O–H groups in total. The SMILES string of the molecule is CC(O)CC(C)NC(=O)CCn1cccn1. The van der Waals surface area contributed by atoms with Crippen LogP contribution >= 0.6 is 0 Å². The van der Waals surface area contributed by atoms with Crippen LogP contribution in [-0.2, 0) is 11.3 Å². The van der Waals surface area contributed by atoms with Gasteiger partial charge in [-0.1, -0.05) is 0 Å². The molecule has 90 valence electrons. The van der Waals surface area contributed by atoms with Gasteiger partial charge in [0.1, 0.15) is 0 Å². The number of nitrogens with one attached hydrogen (secondary N) is 1. The predicted octanol–water partition coefficient (Wildman–Crippen LogP) is 0.549. The summed E-state index contributed by atoms with van der Waals surface area (Å²) in [6.45, 7) is 4.19. The second-order valence-corrected chi connectivity index (χ2v) is 4.07. The molecule has 0 radical (unpaired) electrons. The second-order valence-electron chi connectivity index (χ2n) is 4.07. The van der Waals surface area contributed by atoms with Crippen LogP contribution in [0.15, 0.2) is 18.5 Å². The Balaban J connectivity index is 2.20. The van der Waals surface area contributed by atoms with Crippen LogP contribution in [0.4, 0.5) is 0 Å². The van der Waals surface area contributed by atoms with Gasteiger partial charge in [0.2, 0.25) is 5.91 Å². The Bertz CT molecular complexity index is 309. The minimum Gasteiger partial charge on any atom is -0.393 e. The van der Waals surface area contributed by atoms with E-state index in [2.05, 4.69) is 10.4 Å². The Hall–Kier alpha value is -1.36. The van der Waals surface area contributed by atoms with Crippen LogP contribution in [0.25, 0.3) is 0 Å². The molecule has 0 aliphatic heterocycles. The molecule has 0 aliphatic carbocycles. The van der Waals surface area contributed by atoms with Gasteiger partial charge in [-0.2, -0.15) is 5.10 Å². The van der Waals surface area contributed by atoms with Gasteiger partial charge in [-0.25, -0.2) is 0 Å². The number of aryl methyl sites for hydroxylation is 1. The quantitative estimate of drug-likeness (QED) is 0.743. The summed E-state index contributed by atoms with van der Waals surface area (Å²) in [6.07, 6.45) is 4.11. The van der Waals surface area contributed by atoms with Crippen molar-refractivity contribution in [1.29, 1.82) is 0 Å². The third-order valence-electron chi connectivity index (χ3n) is 2.23. The zero-order valence-corrected chi connectivity index (χ0v) is 9.76. The number of aliphatic hydroxyl groups is 1. The lowest BCUT2D eigenvalue weighted by Gasteiger charge is -2.15. The topological polar surface area (TPSA) is 67.2 Å². The normalized spacial score (nSPS) is 14.4. The van der Waals surface area contributed by atoms with Crippen LogP contribution < -0.4 is 5.32 Å². The lowest BCUT2D eigenvalue weighted by Crippen LogP contribution is -2.35. The van der Waals surface area contributed by atoms with Gasteiger partial charge in [-0.05, 0) is 26.3 Å². The molecule has 0 fully saturated rings. The van der Waals surface area contributed by atoms with Crippen LogP contribution in [0, 0.1) is 0 Å². The molecule has 5 heteroatoms. The molecule has 1 heterocycles. The lowest BCUT2D eigenvalue weighted by atomic mass is 10.1. The smallest absolute Gasteiger partial charge is 0.222 e. The number of rotatable bonds is 6. The minimum atomic E-state index is -0.388. The maximum Gasteiger partial charge on any atom is 0.222 e. The molecule has 5 nitrogen and oxygen atoms in total. The zero-order valence-electron chi connectivity index (χ0n) is 9.76. The molecular weight excluding hydrogens is 206 g/mol. The molecule has 2 unspecified atom stereocenters. The summed E-state index contributed by atoms with van der Waals surface area (Å²) in [7, 11) is 0. The van der Waals surface area contributed by atoms with E-state index in [1.54, 1.807) is 17.8 Å². The number of nitrogens with zero attached hydrogens (tertiary/aromatic N) is 2. The first kappa shape index (κ1) is 12.7. The third kappa shape index (κ3) is 4.93. The number of aromatic nitrogens is 2. The molecule has 0 aromatic carbocycles. The zero-order chi connectivity index (χ0) is 12.0. The molecule has 16 heavy (non-hydrogen) atoms. The van der Waals surface area contributed by atoms with E-state index in [0.717, 1.165) is 0 Å². The number of aliphatic hydroxyl groups excluding tert-OH is 1. The van der Waals surface area contributed by atoms with E-state index in [4.69, 9.17) is 5.11 Å². The Kier molecular flexibility index (Phi) is 4.98. The summed E-state index contributed by atoms with van der Waals surface area (Å²) in [5.74, 6) is -0.0105. The summed E-state index contributed by atoms with van der Waals surface area (Å²) in [5.41, 5.74) is 0. The van der Waals surface area contributed by atoms with Gasteiger partial charge >= 0.3 is 0 Å². The Morgan fingerprint density at radius 1 is 1.56 bits per heavy atom. The summed E-state index contributed by atoms with van der Waals surface area (Å²) < 4.78 is 1.72. The Labute approximate surface area is 95.5 Å². The molecule has 0 aliphatic rings. The molecule has 1 aromatic heterocycles. The molecule has 0 saturated heterocycles. The fraction of sp³-hybridized carbons (Fsp3) is 0.636. The van der Waals surface area contributed by atoms with Crippen molar-refractivity contribution in [1.82, 2.24) is 15.1 Å². The highest BCUT2D eigenvalue weighted by Crippen LogP contribution is 1.97. The van der Waals surface area contributed by atoms with Crippen molar-refractivity contribution < 1.29 is 9.90 Å². The Morgan fingerprint density at radius 3 is 2.88 bits per heavy atom. The Morgan fingerprint density at radius 2 is 2.31 bits per heavy atom. The van der Waals surface area contributed by atoms with E-state index < -0.39 is 0 Å². The molecule has 0 spiro atoms. The highest BCUT2D eigenvalue weighted by molar-refractivity contribution is 5.76. The van der Waals surface area contributed by atoms with Gasteiger partial charge < -0.3 is 10.4 Å². The van der Waals surface area contributed by atoms with Gasteiger partial charge in [-0.15, -0.1) is 0 Å². The largest absolute Gasteiger partial charge is 0.393 e. The molecule has 1 rings (SSSR count). The maximum atomic E-state index is 11.5. The molecular formula is C11H19N3O2. The van der Waals surface area contributed by atoms with Crippen molar-refractivity contribution in [3.63, 3.8) is 0 Å². The predicted molar refractivity (Wildman–Crippen MR) is 60.7 cm³/mol. The highest BCUT2D eigenvalue weighted by atomic mass is 16.3. The van der Waals surface area contributed by atoms with E-state index in [1.807, 2.05) is 19.2 Å². The van der Waals surface area contributed by atoms with Gasteiger partial charge in [0.15, 0.2) is 0 Å². The fourth-order valence-corrected chi connectivity index (χ4v) is 1.57. The lowest BCUT2D eigenvalue weighted by molar-refractivity contribution is -0.122. The minimum absolute atomic E-state index is 0.00474. The average molecular weight is 225 g/mol. The highest BCUT2D eigenvalue weighted by Gasteiger charge is 2.09. The van der Waals surface area contributed by atoms with Gasteiger partial charge in [0.05, 0.1) is 6.10 Å². The number of carbonyl (C=O) groups is 1. The van der Waals surface area contributed by atoms with E-state index in [0.29, 0.717) is 19.4 Å².